The molecule has 0 aromatic heterocycles. The number of rotatable bonds is 15. The molecule has 284 valence electrons. The second-order valence-corrected chi connectivity index (χ2v) is 17.1. The Hall–Kier alpha value is -3.09. The van der Waals surface area contributed by atoms with Crippen LogP contribution in [0.15, 0.2) is 58.4 Å². The SMILES string of the molecule is C=NC(=O)C(C)(C)OC/C=C/[C@H](OCCN(C)C)[C@@H]1CC[C@H]1CN1C[C@@]2(CCCc3cc(Cl)ccc32)COc2ccc(S(=O)NC(=O)C(C)C)cc21. The molecular weight excluding hydrogens is 700 g/mol. The van der Waals surface area contributed by atoms with E-state index in [1.165, 1.54) is 11.1 Å². The summed E-state index contributed by atoms with van der Waals surface area (Å²) < 4.78 is 35.1. The molecule has 1 heterocycles. The van der Waals surface area contributed by atoms with Crippen LogP contribution in [-0.4, -0.2) is 92.9 Å². The molecule has 0 bridgehead atoms. The number of nitrogens with one attached hydrogen (secondary N) is 1. The minimum absolute atomic E-state index is 0.141. The van der Waals surface area contributed by atoms with Gasteiger partial charge in [-0.2, -0.15) is 0 Å². The summed E-state index contributed by atoms with van der Waals surface area (Å²) in [5.74, 6) is 0.353. The third kappa shape index (κ3) is 9.52. The van der Waals surface area contributed by atoms with Crippen LogP contribution in [0.4, 0.5) is 5.69 Å². The second-order valence-electron chi connectivity index (χ2n) is 15.5. The van der Waals surface area contributed by atoms with E-state index in [1.54, 1.807) is 33.8 Å². The van der Waals surface area contributed by atoms with Gasteiger partial charge in [0.1, 0.15) is 11.4 Å². The molecule has 1 aliphatic heterocycles. The highest BCUT2D eigenvalue weighted by Crippen LogP contribution is 2.47. The van der Waals surface area contributed by atoms with Crippen LogP contribution in [0.3, 0.4) is 0 Å². The topological polar surface area (TPSA) is 110 Å². The quantitative estimate of drug-likeness (QED) is 0.170. The van der Waals surface area contributed by atoms with E-state index in [1.807, 2.05) is 38.4 Å². The number of hydrogen-bond acceptors (Lipinski definition) is 8. The first kappa shape index (κ1) is 40.1. The molecule has 1 saturated carbocycles. The van der Waals surface area contributed by atoms with Crippen molar-refractivity contribution in [2.24, 2.45) is 22.7 Å². The zero-order valence-corrected chi connectivity index (χ0v) is 33.1. The Bertz CT molecular complexity index is 1660. The summed E-state index contributed by atoms with van der Waals surface area (Å²) in [5, 5.41) is 0.740. The molecule has 2 amide bonds. The van der Waals surface area contributed by atoms with Crippen LogP contribution >= 0.6 is 11.6 Å². The first-order valence-electron chi connectivity index (χ1n) is 18.3. The maximum absolute atomic E-state index is 13.4. The zero-order valence-electron chi connectivity index (χ0n) is 31.5. The number of benzene rings is 2. The zero-order chi connectivity index (χ0) is 37.6. The molecule has 0 saturated heterocycles. The van der Waals surface area contributed by atoms with Crippen LogP contribution in [0, 0.1) is 17.8 Å². The van der Waals surface area contributed by atoms with Crippen molar-refractivity contribution < 1.29 is 28.0 Å². The maximum atomic E-state index is 13.4. The number of likely N-dealkylation sites (N-methyl/N-ethyl adjacent to an activating group) is 1. The summed E-state index contributed by atoms with van der Waals surface area (Å²) in [7, 11) is 2.35. The van der Waals surface area contributed by atoms with E-state index < -0.39 is 22.5 Å². The van der Waals surface area contributed by atoms with Crippen LogP contribution in [0.1, 0.15) is 64.5 Å². The number of carbonyl (C=O) groups is 2. The lowest BCUT2D eigenvalue weighted by Gasteiger charge is -2.46. The van der Waals surface area contributed by atoms with Crippen molar-refractivity contribution in [3.8, 4) is 5.75 Å². The summed E-state index contributed by atoms with van der Waals surface area (Å²) in [6.07, 6.45) is 8.92. The minimum atomic E-state index is -1.71. The Balaban J connectivity index is 1.44. The van der Waals surface area contributed by atoms with Crippen molar-refractivity contribution in [2.75, 3.05) is 58.5 Å². The van der Waals surface area contributed by atoms with E-state index in [-0.39, 0.29) is 35.9 Å². The number of amides is 2. The molecule has 1 spiro atoms. The lowest BCUT2D eigenvalue weighted by atomic mass is 9.68. The number of halogens is 1. The van der Waals surface area contributed by atoms with E-state index in [0.717, 1.165) is 68.2 Å². The van der Waals surface area contributed by atoms with Crippen LogP contribution < -0.4 is 14.4 Å². The van der Waals surface area contributed by atoms with Crippen molar-refractivity contribution >= 4 is 46.8 Å². The van der Waals surface area contributed by atoms with Crippen molar-refractivity contribution in [3.05, 3.63) is 64.7 Å². The second kappa shape index (κ2) is 17.4. The summed E-state index contributed by atoms with van der Waals surface area (Å²) in [4.78, 5) is 33.2. The van der Waals surface area contributed by atoms with Gasteiger partial charge in [0.15, 0.2) is 11.0 Å². The molecule has 0 radical (unpaired) electrons. The molecule has 3 aliphatic rings. The predicted molar refractivity (Wildman–Crippen MR) is 208 cm³/mol. The van der Waals surface area contributed by atoms with Gasteiger partial charge in [0.2, 0.25) is 5.91 Å². The number of aliphatic imine (C=N–C) groups is 1. The van der Waals surface area contributed by atoms with Crippen molar-refractivity contribution in [1.29, 1.82) is 0 Å². The average Bonchev–Trinajstić information content (AvgIpc) is 3.24. The van der Waals surface area contributed by atoms with Gasteiger partial charge in [-0.05, 0) is 120 Å². The van der Waals surface area contributed by atoms with Crippen LogP contribution in [0.2, 0.25) is 5.02 Å². The predicted octanol–water partition coefficient (Wildman–Crippen LogP) is 6.16. The van der Waals surface area contributed by atoms with Gasteiger partial charge in [-0.1, -0.05) is 43.7 Å². The van der Waals surface area contributed by atoms with Gasteiger partial charge in [-0.3, -0.25) is 14.3 Å². The molecule has 5 atom stereocenters. The Kier molecular flexibility index (Phi) is 13.4. The number of ether oxygens (including phenoxy) is 3. The number of aryl methyl sites for hydroxylation is 1. The molecule has 1 N–H and O–H groups in total. The fourth-order valence-corrected chi connectivity index (χ4v) is 8.55. The average molecular weight is 755 g/mol. The highest BCUT2D eigenvalue weighted by molar-refractivity contribution is 7.83. The maximum Gasteiger partial charge on any atom is 0.276 e. The fraction of sp³-hybridized carbons (Fsp3) is 0.575. The third-order valence-electron chi connectivity index (χ3n) is 10.7. The molecule has 1 unspecified atom stereocenters. The Morgan fingerprint density at radius 3 is 2.71 bits per heavy atom. The smallest absolute Gasteiger partial charge is 0.276 e. The van der Waals surface area contributed by atoms with Gasteiger partial charge < -0.3 is 24.0 Å². The van der Waals surface area contributed by atoms with Crippen LogP contribution in [0.5, 0.6) is 5.75 Å². The first-order valence-corrected chi connectivity index (χ1v) is 19.9. The number of nitrogens with zero attached hydrogens (tertiary/aromatic N) is 3. The lowest BCUT2D eigenvalue weighted by Crippen LogP contribution is -2.49. The minimum Gasteiger partial charge on any atom is -0.490 e. The molecule has 2 aromatic carbocycles. The number of anilines is 1. The van der Waals surface area contributed by atoms with E-state index in [2.05, 4.69) is 44.4 Å². The lowest BCUT2D eigenvalue weighted by molar-refractivity contribution is -0.137. The molecule has 52 heavy (non-hydrogen) atoms. The molecule has 5 rings (SSSR count). The number of fused-ring (bicyclic) bond motifs is 3. The highest BCUT2D eigenvalue weighted by atomic mass is 35.5. The first-order chi connectivity index (χ1) is 24.7. The molecule has 12 heteroatoms. The molecular formula is C40H55ClN4O6S. The summed E-state index contributed by atoms with van der Waals surface area (Å²) in [6.45, 7) is 13.9. The Labute approximate surface area is 316 Å². The Morgan fingerprint density at radius 2 is 2.02 bits per heavy atom. The van der Waals surface area contributed by atoms with E-state index in [0.29, 0.717) is 24.0 Å². The van der Waals surface area contributed by atoms with Crippen LogP contribution in [0.25, 0.3) is 0 Å². The normalized spacial score (nSPS) is 22.7. The highest BCUT2D eigenvalue weighted by Gasteiger charge is 2.44. The van der Waals surface area contributed by atoms with Gasteiger partial charge in [-0.15, -0.1) is 0 Å². The van der Waals surface area contributed by atoms with Gasteiger partial charge in [0.05, 0.1) is 36.5 Å². The standard InChI is InChI=1S/C40H55ClN4O6S/c1-27(2)37(46)43-52(48)31-14-17-36-34(23-31)45(25-40(26-50-36)18-8-10-28-22-30(41)13-16-33(28)40)24-29-12-15-32(29)35(49-21-19-44(6)7)11-9-20-51-39(3,4)38(47)42-5/h9,11,13-14,16-17,22-23,27,29,32,35H,5,8,10,12,15,18-21,24-26H2,1-4,6-7H3,(H,43,46)/b11-9+/t29-,32+,35-,40-,52?/m0/s1. The van der Waals surface area contributed by atoms with Crippen molar-refractivity contribution in [2.45, 2.75) is 81.8 Å². The number of hydrogen-bond donors (Lipinski definition) is 1. The van der Waals surface area contributed by atoms with Gasteiger partial charge in [0, 0.05) is 36.0 Å². The van der Waals surface area contributed by atoms with Gasteiger partial charge in [-0.25, -0.2) is 9.20 Å². The van der Waals surface area contributed by atoms with E-state index in [9.17, 15) is 13.8 Å². The number of carbonyl (C=O) groups excluding carboxylic acids is 2. The monoisotopic (exact) mass is 754 g/mol. The van der Waals surface area contributed by atoms with Crippen LogP contribution in [-0.2, 0) is 41.9 Å². The summed E-state index contributed by atoms with van der Waals surface area (Å²) >= 11 is 6.47. The fourth-order valence-electron chi connectivity index (χ4n) is 7.41. The third-order valence-corrected chi connectivity index (χ3v) is 12.0. The van der Waals surface area contributed by atoms with E-state index >= 15 is 0 Å². The van der Waals surface area contributed by atoms with Crippen molar-refractivity contribution in [1.82, 2.24) is 9.62 Å². The molecule has 2 aliphatic carbocycles. The summed E-state index contributed by atoms with van der Waals surface area (Å²) in [6, 6.07) is 11.8. The summed E-state index contributed by atoms with van der Waals surface area (Å²) in [5.41, 5.74) is 2.10. The van der Waals surface area contributed by atoms with Gasteiger partial charge >= 0.3 is 0 Å². The van der Waals surface area contributed by atoms with Crippen molar-refractivity contribution in [3.63, 3.8) is 0 Å². The van der Waals surface area contributed by atoms with E-state index in [4.69, 9.17) is 25.8 Å². The largest absolute Gasteiger partial charge is 0.490 e. The molecule has 10 nitrogen and oxygen atoms in total. The molecule has 2 aromatic rings. The Morgan fingerprint density at radius 1 is 1.23 bits per heavy atom. The van der Waals surface area contributed by atoms with Gasteiger partial charge in [0.25, 0.3) is 5.91 Å². The molecule has 1 fully saturated rings.